The second-order valence-electron chi connectivity index (χ2n) is 2.11. The molecular weight excluding hydrogens is 206 g/mol. The van der Waals surface area contributed by atoms with E-state index >= 15 is 0 Å². The van der Waals surface area contributed by atoms with Gasteiger partial charge in [0.05, 0.1) is 0 Å². The maximum absolute atomic E-state index is 5.69. The van der Waals surface area contributed by atoms with Crippen LogP contribution in [0.3, 0.4) is 0 Å². The van der Waals surface area contributed by atoms with Crippen LogP contribution in [0.1, 0.15) is 0 Å². The van der Waals surface area contributed by atoms with Gasteiger partial charge in [0.15, 0.2) is 0 Å². The molecule has 0 spiro atoms. The van der Waals surface area contributed by atoms with Gasteiger partial charge in [-0.25, -0.2) is 0 Å². The molecule has 0 unspecified atom stereocenters. The number of para-hydroxylation sites is 2. The number of rotatable bonds is 0. The third-order valence-corrected chi connectivity index (χ3v) is 3.15. The zero-order chi connectivity index (χ0) is 7.90. The van der Waals surface area contributed by atoms with Crippen LogP contribution in [0, 0.1) is 0 Å². The summed E-state index contributed by atoms with van der Waals surface area (Å²) in [4.78, 5) is 0. The summed E-state index contributed by atoms with van der Waals surface area (Å²) in [6.45, 7) is 0. The fourth-order valence-corrected chi connectivity index (χ4v) is 2.78. The maximum atomic E-state index is 5.69. The van der Waals surface area contributed by atoms with Crippen LogP contribution in [-0.2, 0) is 0 Å². The van der Waals surface area contributed by atoms with Gasteiger partial charge in [0, 0.05) is 0 Å². The van der Waals surface area contributed by atoms with Gasteiger partial charge >= 0.3 is 73.7 Å². The molecular formula is C6H5Cl2O2P. The van der Waals surface area contributed by atoms with Gasteiger partial charge < -0.3 is 0 Å². The second kappa shape index (κ2) is 2.41. The summed E-state index contributed by atoms with van der Waals surface area (Å²) >= 11 is 11.4. The third-order valence-electron chi connectivity index (χ3n) is 1.31. The standard InChI is InChI=1S/C6H5Cl2O2P/c7-11(8)9-5-3-1-2-4-6(5)10-11/h1-4,11H. The molecule has 1 aromatic rings. The molecule has 0 atom stereocenters. The van der Waals surface area contributed by atoms with E-state index in [4.69, 9.17) is 31.5 Å². The van der Waals surface area contributed by atoms with E-state index in [9.17, 15) is 0 Å². The number of fused-ring (bicyclic) bond motifs is 1. The van der Waals surface area contributed by atoms with Crippen LogP contribution in [0.15, 0.2) is 24.3 Å². The summed E-state index contributed by atoms with van der Waals surface area (Å²) < 4.78 is 10.3. The summed E-state index contributed by atoms with van der Waals surface area (Å²) in [7, 11) is 0. The van der Waals surface area contributed by atoms with Crippen molar-refractivity contribution in [1.29, 1.82) is 0 Å². The average molecular weight is 211 g/mol. The number of benzene rings is 1. The first-order valence-corrected chi connectivity index (χ1v) is 6.86. The molecule has 60 valence electrons. The fourth-order valence-electron chi connectivity index (χ4n) is 0.896. The Hall–Kier alpha value is -0.170. The van der Waals surface area contributed by atoms with Crippen molar-refractivity contribution >= 4 is 28.9 Å². The Kier molecular flexibility index (Phi) is 1.64. The van der Waals surface area contributed by atoms with E-state index in [-0.39, 0.29) is 0 Å². The van der Waals surface area contributed by atoms with Crippen molar-refractivity contribution in [2.75, 3.05) is 0 Å². The van der Waals surface area contributed by atoms with Gasteiger partial charge in [-0.15, -0.1) is 0 Å². The van der Waals surface area contributed by atoms with E-state index in [2.05, 4.69) is 0 Å². The zero-order valence-corrected chi connectivity index (χ0v) is 7.89. The minimum atomic E-state index is -2.90. The molecule has 0 aromatic heterocycles. The van der Waals surface area contributed by atoms with Gasteiger partial charge in [-0.3, -0.25) is 0 Å². The van der Waals surface area contributed by atoms with Gasteiger partial charge in [-0.2, -0.15) is 0 Å². The SMILES string of the molecule is Cl[PH]1(Cl)Oc2ccccc2O1. The molecule has 0 aliphatic carbocycles. The Bertz CT molecular complexity index is 263. The average Bonchev–Trinajstić information content (AvgIpc) is 2.21. The molecule has 1 aliphatic heterocycles. The predicted molar refractivity (Wildman–Crippen MR) is 47.7 cm³/mol. The molecule has 2 rings (SSSR count). The Labute approximate surface area is 74.1 Å². The van der Waals surface area contributed by atoms with E-state index in [1.54, 1.807) is 12.1 Å². The second-order valence-corrected chi connectivity index (χ2v) is 7.02. The Morgan fingerprint density at radius 1 is 1.00 bits per heavy atom. The molecule has 0 N–H and O–H groups in total. The molecule has 0 saturated heterocycles. The van der Waals surface area contributed by atoms with E-state index in [1.165, 1.54) is 0 Å². The summed E-state index contributed by atoms with van der Waals surface area (Å²) in [5.74, 6) is 1.26. The van der Waals surface area contributed by atoms with Gasteiger partial charge in [0.1, 0.15) is 0 Å². The van der Waals surface area contributed by atoms with Crippen LogP contribution in [0.4, 0.5) is 0 Å². The Morgan fingerprint density at radius 3 is 1.91 bits per heavy atom. The molecule has 1 heterocycles. The Morgan fingerprint density at radius 2 is 1.45 bits per heavy atom. The first-order chi connectivity index (χ1) is 5.17. The van der Waals surface area contributed by atoms with E-state index < -0.39 is 6.42 Å². The molecule has 0 amide bonds. The molecule has 5 heteroatoms. The monoisotopic (exact) mass is 210 g/mol. The number of halogens is 2. The van der Waals surface area contributed by atoms with Crippen LogP contribution < -0.4 is 9.05 Å². The quantitative estimate of drug-likeness (QED) is 0.612. The first kappa shape index (κ1) is 7.48. The molecule has 0 fully saturated rings. The van der Waals surface area contributed by atoms with Crippen molar-refractivity contribution in [1.82, 2.24) is 0 Å². The summed E-state index contributed by atoms with van der Waals surface area (Å²) in [5, 5.41) is 0. The molecule has 0 bridgehead atoms. The first-order valence-electron chi connectivity index (χ1n) is 3.02. The molecule has 0 saturated carbocycles. The van der Waals surface area contributed by atoms with Crippen molar-refractivity contribution in [2.24, 2.45) is 0 Å². The van der Waals surface area contributed by atoms with Crippen LogP contribution in [0.25, 0.3) is 0 Å². The van der Waals surface area contributed by atoms with Crippen LogP contribution >= 0.6 is 28.9 Å². The van der Waals surface area contributed by atoms with Crippen LogP contribution in [0.2, 0.25) is 0 Å². The van der Waals surface area contributed by atoms with E-state index in [0.29, 0.717) is 11.5 Å². The van der Waals surface area contributed by atoms with Crippen molar-refractivity contribution in [2.45, 2.75) is 0 Å². The van der Waals surface area contributed by atoms with Gasteiger partial charge in [-0.1, -0.05) is 0 Å². The van der Waals surface area contributed by atoms with E-state index in [0.717, 1.165) is 0 Å². The normalized spacial score (nSPS) is 21.3. The van der Waals surface area contributed by atoms with Gasteiger partial charge in [-0.05, 0) is 0 Å². The van der Waals surface area contributed by atoms with Crippen molar-refractivity contribution in [3.63, 3.8) is 0 Å². The summed E-state index contributed by atoms with van der Waals surface area (Å²) in [6, 6.07) is 7.22. The van der Waals surface area contributed by atoms with Gasteiger partial charge in [0.25, 0.3) is 0 Å². The van der Waals surface area contributed by atoms with Crippen molar-refractivity contribution in [3.8, 4) is 11.5 Å². The predicted octanol–water partition coefficient (Wildman–Crippen LogP) is 3.35. The molecule has 0 radical (unpaired) electrons. The molecule has 2 nitrogen and oxygen atoms in total. The van der Waals surface area contributed by atoms with E-state index in [1.807, 2.05) is 12.1 Å². The van der Waals surface area contributed by atoms with Crippen molar-refractivity contribution in [3.05, 3.63) is 24.3 Å². The van der Waals surface area contributed by atoms with Gasteiger partial charge in [0.2, 0.25) is 0 Å². The third kappa shape index (κ3) is 1.39. The topological polar surface area (TPSA) is 18.5 Å². The zero-order valence-electron chi connectivity index (χ0n) is 5.38. The number of hydrogen-bond acceptors (Lipinski definition) is 2. The summed E-state index contributed by atoms with van der Waals surface area (Å²) in [6.07, 6.45) is -2.90. The molecule has 1 aromatic carbocycles. The molecule has 11 heavy (non-hydrogen) atoms. The minimum absolute atomic E-state index is 0.629. The van der Waals surface area contributed by atoms with Crippen molar-refractivity contribution < 1.29 is 9.05 Å². The van der Waals surface area contributed by atoms with Crippen LogP contribution in [-0.4, -0.2) is 0 Å². The van der Waals surface area contributed by atoms with Crippen LogP contribution in [0.5, 0.6) is 11.5 Å². The summed E-state index contributed by atoms with van der Waals surface area (Å²) in [5.41, 5.74) is 0. The fraction of sp³-hybridized carbons (Fsp3) is 0. The Balaban J connectivity index is 2.41. The number of hydrogen-bond donors (Lipinski definition) is 0. The molecule has 1 aliphatic rings.